The number of Topliss-reactive ketones (excluding diaryl/α,β-unsaturated/α-hetero) is 2. The molecule has 8 rings (SSSR count). The molecule has 15 heteroatoms. The Bertz CT molecular complexity index is 2290. The molecule has 1 saturated carbocycles. The van der Waals surface area contributed by atoms with Crippen LogP contribution in [0.5, 0.6) is 0 Å². The second-order valence-electron chi connectivity index (χ2n) is 15.9. The molecule has 1 unspecified atom stereocenters. The smallest absolute Gasteiger partial charge is 0.274 e. The first-order chi connectivity index (χ1) is 28.4. The van der Waals surface area contributed by atoms with Gasteiger partial charge in [0.05, 0.1) is 29.2 Å². The van der Waals surface area contributed by atoms with Gasteiger partial charge in [-0.15, -0.1) is 0 Å². The first-order valence-electron chi connectivity index (χ1n) is 20.1. The van der Waals surface area contributed by atoms with E-state index >= 15 is 13.2 Å². The van der Waals surface area contributed by atoms with Crippen molar-refractivity contribution in [2.24, 2.45) is 5.92 Å². The second-order valence-corrected chi connectivity index (χ2v) is 15.9. The Morgan fingerprint density at radius 2 is 1.54 bits per heavy atom. The van der Waals surface area contributed by atoms with Gasteiger partial charge in [-0.3, -0.25) is 34.0 Å². The minimum absolute atomic E-state index is 0.167. The van der Waals surface area contributed by atoms with Crippen LogP contribution in [0.25, 0.3) is 22.3 Å². The van der Waals surface area contributed by atoms with Crippen LogP contribution in [0.3, 0.4) is 0 Å². The van der Waals surface area contributed by atoms with Crippen LogP contribution in [-0.2, 0) is 15.5 Å². The maximum Gasteiger partial charge on any atom is 0.274 e. The first kappa shape index (κ1) is 40.1. The van der Waals surface area contributed by atoms with E-state index in [0.29, 0.717) is 46.9 Å². The normalized spacial score (nSPS) is 19.5. The molecule has 59 heavy (non-hydrogen) atoms. The van der Waals surface area contributed by atoms with E-state index in [1.807, 2.05) is 11.0 Å². The highest BCUT2D eigenvalue weighted by molar-refractivity contribution is 6.24. The number of hydrogen-bond donors (Lipinski definition) is 1. The summed E-state index contributed by atoms with van der Waals surface area (Å²) in [6, 6.07) is 11.7. The molecule has 4 aromatic rings. The van der Waals surface area contributed by atoms with Crippen molar-refractivity contribution in [3.05, 3.63) is 89.6 Å². The average molecular weight is 812 g/mol. The Balaban J connectivity index is 0.846. The number of aromatic nitrogens is 2. The van der Waals surface area contributed by atoms with Crippen LogP contribution in [0.4, 0.5) is 34.8 Å². The molecule has 0 spiro atoms. The van der Waals surface area contributed by atoms with Gasteiger partial charge in [-0.1, -0.05) is 12.1 Å². The van der Waals surface area contributed by atoms with Crippen LogP contribution in [0.15, 0.2) is 67.1 Å². The van der Waals surface area contributed by atoms with Crippen LogP contribution >= 0.6 is 0 Å². The highest BCUT2D eigenvalue weighted by Gasteiger charge is 2.44. The second kappa shape index (κ2) is 16.5. The Morgan fingerprint density at radius 3 is 2.25 bits per heavy atom. The van der Waals surface area contributed by atoms with E-state index in [4.69, 9.17) is 0 Å². The van der Waals surface area contributed by atoms with Gasteiger partial charge in [0, 0.05) is 99.3 Å². The zero-order valence-electron chi connectivity index (χ0n) is 32.7. The van der Waals surface area contributed by atoms with Crippen molar-refractivity contribution in [3.63, 3.8) is 0 Å². The van der Waals surface area contributed by atoms with Crippen molar-refractivity contribution >= 4 is 40.6 Å². The van der Waals surface area contributed by atoms with Gasteiger partial charge in [-0.25, -0.2) is 22.5 Å². The lowest BCUT2D eigenvalue weighted by Crippen LogP contribution is -2.47. The molecule has 2 aromatic carbocycles. The fourth-order valence-electron chi connectivity index (χ4n) is 8.83. The zero-order valence-corrected chi connectivity index (χ0v) is 32.7. The van der Waals surface area contributed by atoms with Crippen molar-refractivity contribution in [2.75, 3.05) is 67.7 Å². The third kappa shape index (κ3) is 8.17. The van der Waals surface area contributed by atoms with Crippen molar-refractivity contribution in [1.82, 2.24) is 19.8 Å². The number of rotatable bonds is 11. The van der Waals surface area contributed by atoms with Gasteiger partial charge in [0.25, 0.3) is 17.7 Å². The third-order valence-corrected chi connectivity index (χ3v) is 12.2. The van der Waals surface area contributed by atoms with Gasteiger partial charge >= 0.3 is 0 Å². The van der Waals surface area contributed by atoms with E-state index < -0.39 is 36.4 Å². The highest BCUT2D eigenvalue weighted by atomic mass is 19.3. The third-order valence-electron chi connectivity index (χ3n) is 12.2. The molecule has 4 aliphatic rings. The molecule has 1 aliphatic carbocycles. The summed E-state index contributed by atoms with van der Waals surface area (Å²) in [5.41, 5.74) is 2.91. The SMILES string of the molecule is CC(F)(F)c1cc(-c2ccc(-c3cnccc3NCF)c(F)c2)cnc1N1CCC(CCN2CCN(c3ccc4c(c3)C(=O)N(C3CCC(=O)CC3=O)C4=O)CC2)CC1. The number of nitrogens with zero attached hydrogens (tertiary/aromatic N) is 6. The van der Waals surface area contributed by atoms with Crippen LogP contribution in [-0.4, -0.2) is 102 Å². The molecule has 2 saturated heterocycles. The fourth-order valence-corrected chi connectivity index (χ4v) is 8.83. The summed E-state index contributed by atoms with van der Waals surface area (Å²) in [5.74, 6) is -4.66. The van der Waals surface area contributed by atoms with Gasteiger partial charge < -0.3 is 15.1 Å². The summed E-state index contributed by atoms with van der Waals surface area (Å²) in [6.45, 7) is 5.19. The zero-order chi connectivity index (χ0) is 41.4. The topological polar surface area (TPSA) is 119 Å². The van der Waals surface area contributed by atoms with E-state index in [2.05, 4.69) is 25.1 Å². The number of imide groups is 1. The summed E-state index contributed by atoms with van der Waals surface area (Å²) in [4.78, 5) is 66.8. The van der Waals surface area contributed by atoms with E-state index in [1.165, 1.54) is 36.8 Å². The molecule has 1 N–H and O–H groups in total. The van der Waals surface area contributed by atoms with Crippen LogP contribution in [0.2, 0.25) is 0 Å². The minimum atomic E-state index is -3.19. The fraction of sp³-hybridized carbons (Fsp3) is 0.409. The first-order valence-corrected chi connectivity index (χ1v) is 20.1. The van der Waals surface area contributed by atoms with Gasteiger partial charge in [0.15, 0.2) is 12.6 Å². The molecule has 0 bridgehead atoms. The number of amides is 2. The largest absolute Gasteiger partial charge is 0.369 e. The molecule has 5 heterocycles. The Morgan fingerprint density at radius 1 is 0.797 bits per heavy atom. The van der Waals surface area contributed by atoms with Crippen molar-refractivity contribution in [3.8, 4) is 22.3 Å². The van der Waals surface area contributed by atoms with E-state index in [1.54, 1.807) is 24.3 Å². The monoisotopic (exact) mass is 811 g/mol. The highest BCUT2D eigenvalue weighted by Crippen LogP contribution is 2.39. The number of piperidine rings is 1. The van der Waals surface area contributed by atoms with Gasteiger partial charge in [-0.2, -0.15) is 0 Å². The number of carbonyl (C=O) groups is 4. The lowest BCUT2D eigenvalue weighted by molar-refractivity contribution is -0.132. The van der Waals surface area contributed by atoms with Crippen molar-refractivity contribution in [2.45, 2.75) is 57.4 Å². The van der Waals surface area contributed by atoms with Crippen LogP contribution < -0.4 is 15.1 Å². The predicted octanol–water partition coefficient (Wildman–Crippen LogP) is 7.12. The molecule has 11 nitrogen and oxygen atoms in total. The summed E-state index contributed by atoms with van der Waals surface area (Å²) in [7, 11) is 0. The molecule has 0 radical (unpaired) electrons. The summed E-state index contributed by atoms with van der Waals surface area (Å²) >= 11 is 0. The number of alkyl halides is 3. The van der Waals surface area contributed by atoms with Crippen LogP contribution in [0, 0.1) is 11.7 Å². The van der Waals surface area contributed by atoms with E-state index in [9.17, 15) is 23.6 Å². The van der Waals surface area contributed by atoms with Gasteiger partial charge in [0.2, 0.25) is 0 Å². The quantitative estimate of drug-likeness (QED) is 0.0727. The van der Waals surface area contributed by atoms with E-state index in [0.717, 1.165) is 69.5 Å². The van der Waals surface area contributed by atoms with Gasteiger partial charge in [0.1, 0.15) is 17.4 Å². The predicted molar refractivity (Wildman–Crippen MR) is 215 cm³/mol. The Labute approximate surface area is 339 Å². The number of fused-ring (bicyclic) bond motifs is 1. The number of nitrogens with one attached hydrogen (secondary N) is 1. The maximum absolute atomic E-state index is 15.4. The number of piperazine rings is 1. The van der Waals surface area contributed by atoms with Gasteiger partial charge in [-0.05, 0) is 80.1 Å². The number of carbonyl (C=O) groups excluding carboxylic acids is 4. The summed E-state index contributed by atoms with van der Waals surface area (Å²) in [6.07, 6.45) is 7.15. The summed E-state index contributed by atoms with van der Waals surface area (Å²) in [5, 5.41) is 2.55. The number of halogens is 4. The molecule has 3 aliphatic heterocycles. The lowest BCUT2D eigenvalue weighted by atomic mass is 9.92. The molecule has 1 atom stereocenters. The minimum Gasteiger partial charge on any atom is -0.369 e. The molecular formula is C44H45F4N7O4. The summed E-state index contributed by atoms with van der Waals surface area (Å²) < 4.78 is 58.7. The molecule has 2 aromatic heterocycles. The van der Waals surface area contributed by atoms with Crippen molar-refractivity contribution < 1.29 is 36.7 Å². The average Bonchev–Trinajstić information content (AvgIpc) is 3.48. The lowest BCUT2D eigenvalue weighted by Gasteiger charge is -2.38. The van der Waals surface area contributed by atoms with Crippen LogP contribution in [0.1, 0.15) is 71.7 Å². The van der Waals surface area contributed by atoms with E-state index in [-0.39, 0.29) is 53.3 Å². The number of benzene rings is 2. The molecular weight excluding hydrogens is 767 g/mol. The maximum atomic E-state index is 15.4. The number of hydrogen-bond acceptors (Lipinski definition) is 10. The Kier molecular flexibility index (Phi) is 11.2. The number of ketones is 2. The van der Waals surface area contributed by atoms with Crippen molar-refractivity contribution in [1.29, 1.82) is 0 Å². The molecule has 308 valence electrons. The molecule has 3 fully saturated rings. The number of anilines is 3. The number of pyridine rings is 2. The molecule has 2 amide bonds. The standard InChI is InChI=1S/C44H45F4N7O4/c1-44(47,48)36-20-29(28-2-5-32(37(46)21-28)35-25-49-12-8-38(35)51-26-45)24-50-41(36)54-14-10-27(11-15-54)9-13-52-16-18-53(19-17-52)30-3-6-33-34(22-30)43(59)55(42(33)58)39-7-4-31(56)23-40(39)57/h2-3,5-6,8,12,20-22,24-25,27,39H,4,7,9-11,13-19,23,26H2,1H3,(H,49,51). The Hall–Kier alpha value is -5.70.